The van der Waals surface area contributed by atoms with Crippen LogP contribution < -0.4 is 21.3 Å². The summed E-state index contributed by atoms with van der Waals surface area (Å²) < 4.78 is 0. The Bertz CT molecular complexity index is 948. The first-order chi connectivity index (χ1) is 14.5. The molecular weight excluding hydrogens is 418 g/mol. The van der Waals surface area contributed by atoms with Crippen LogP contribution in [-0.4, -0.2) is 46.7 Å². The Morgan fingerprint density at radius 3 is 2.87 bits per heavy atom. The second-order valence-corrected chi connectivity index (χ2v) is 7.38. The number of benzene rings is 1. The topological polar surface area (TPSA) is 140 Å². The van der Waals surface area contributed by atoms with Crippen molar-refractivity contribution in [2.75, 3.05) is 35.6 Å². The molecule has 0 spiro atoms. The Labute approximate surface area is 188 Å². The number of carbonyl (C=O) groups is 1. The maximum Gasteiger partial charge on any atom is 0.245 e. The summed E-state index contributed by atoms with van der Waals surface area (Å²) >= 11 is 0. The van der Waals surface area contributed by atoms with Crippen molar-refractivity contribution in [3.63, 3.8) is 0 Å². The van der Waals surface area contributed by atoms with E-state index in [4.69, 9.17) is 16.1 Å². The summed E-state index contributed by atoms with van der Waals surface area (Å²) in [4.78, 5) is 22.9. The lowest BCUT2D eigenvalue weighted by molar-refractivity contribution is -0.124. The zero-order valence-corrected chi connectivity index (χ0v) is 18.3. The van der Waals surface area contributed by atoms with Crippen molar-refractivity contribution in [1.82, 2.24) is 15.3 Å². The average molecular weight is 446 g/mol. The monoisotopic (exact) mass is 445 g/mol. The molecule has 10 heteroatoms. The van der Waals surface area contributed by atoms with Crippen LogP contribution in [0.2, 0.25) is 0 Å². The molecule has 5 N–H and O–H groups in total. The number of aromatic nitrogens is 2. The normalized spacial score (nSPS) is 15.5. The molecule has 9 nitrogen and oxygen atoms in total. The number of amides is 1. The Balaban J connectivity index is 0.00000341. The number of aliphatic hydroxyl groups is 1. The lowest BCUT2D eigenvalue weighted by Crippen LogP contribution is -2.48. The molecule has 0 unspecified atom stereocenters. The maximum atomic E-state index is 11.6. The van der Waals surface area contributed by atoms with Gasteiger partial charge in [0.25, 0.3) is 0 Å². The number of nitrogen functional groups attached to an aromatic ring is 1. The van der Waals surface area contributed by atoms with Crippen molar-refractivity contribution in [3.8, 4) is 6.07 Å². The fraction of sp³-hybridized carbons (Fsp3) is 0.429. The number of nitrogens with one attached hydrogen (secondary N) is 2. The summed E-state index contributed by atoms with van der Waals surface area (Å²) in [7, 11) is 0. The van der Waals surface area contributed by atoms with Crippen LogP contribution in [0.1, 0.15) is 37.4 Å². The van der Waals surface area contributed by atoms with E-state index in [1.165, 1.54) is 0 Å². The Morgan fingerprint density at radius 1 is 1.35 bits per heavy atom. The molecule has 166 valence electrons. The molecule has 1 saturated heterocycles. The molecule has 1 atom stereocenters. The molecule has 0 aliphatic carbocycles. The lowest BCUT2D eigenvalue weighted by Gasteiger charge is -2.34. The standard InChI is InChI=1S/C21H27N7O2.ClH/c1-2-4-16-10-19(28-6-3-5-17(12-28)24-20(30)13-29)27-21(25-16)26-18-8-14(11-22)7-15(23)9-18;/h7-10,17,29H,2-6,12-13,23H2,1H3,(H,24,30)(H,25,26,27);1H/t17-;/m1./s1. The van der Waals surface area contributed by atoms with Gasteiger partial charge in [0, 0.05) is 42.3 Å². The Morgan fingerprint density at radius 2 is 2.16 bits per heavy atom. The van der Waals surface area contributed by atoms with Crippen LogP contribution >= 0.6 is 12.4 Å². The van der Waals surface area contributed by atoms with Crippen molar-refractivity contribution in [3.05, 3.63) is 35.5 Å². The van der Waals surface area contributed by atoms with Gasteiger partial charge in [-0.25, -0.2) is 4.98 Å². The Kier molecular flexibility index (Phi) is 8.85. The highest BCUT2D eigenvalue weighted by Crippen LogP contribution is 2.24. The number of hydrogen-bond acceptors (Lipinski definition) is 8. The lowest BCUT2D eigenvalue weighted by atomic mass is 10.1. The molecule has 0 saturated carbocycles. The zero-order valence-electron chi connectivity index (χ0n) is 17.5. The van der Waals surface area contributed by atoms with E-state index in [1.54, 1.807) is 18.2 Å². The van der Waals surface area contributed by atoms with Crippen LogP contribution in [0.5, 0.6) is 0 Å². The molecule has 0 bridgehead atoms. The van der Waals surface area contributed by atoms with Gasteiger partial charge >= 0.3 is 0 Å². The Hall–Kier alpha value is -3.09. The molecule has 3 rings (SSSR count). The number of nitrogens with two attached hydrogens (primary N) is 1. The number of rotatable bonds is 7. The molecule has 1 aromatic heterocycles. The predicted molar refractivity (Wildman–Crippen MR) is 123 cm³/mol. The highest BCUT2D eigenvalue weighted by molar-refractivity contribution is 5.85. The third-order valence-electron chi connectivity index (χ3n) is 4.87. The van der Waals surface area contributed by atoms with Crippen molar-refractivity contribution in [2.45, 2.75) is 38.6 Å². The van der Waals surface area contributed by atoms with Crippen LogP contribution in [0.4, 0.5) is 23.1 Å². The minimum atomic E-state index is -0.510. The number of nitriles is 1. The van der Waals surface area contributed by atoms with E-state index in [-0.39, 0.29) is 24.4 Å². The van der Waals surface area contributed by atoms with Gasteiger partial charge in [-0.3, -0.25) is 4.79 Å². The van der Waals surface area contributed by atoms with E-state index < -0.39 is 6.61 Å². The largest absolute Gasteiger partial charge is 0.399 e. The van der Waals surface area contributed by atoms with Crippen LogP contribution in [-0.2, 0) is 11.2 Å². The molecule has 0 radical (unpaired) electrons. The molecule has 1 aliphatic rings. The van der Waals surface area contributed by atoms with E-state index in [9.17, 15) is 4.79 Å². The molecule has 2 aromatic rings. The quantitative estimate of drug-likeness (QED) is 0.475. The highest BCUT2D eigenvalue weighted by atomic mass is 35.5. The van der Waals surface area contributed by atoms with Gasteiger partial charge in [-0.15, -0.1) is 12.4 Å². The van der Waals surface area contributed by atoms with E-state index in [1.807, 2.05) is 6.07 Å². The van der Waals surface area contributed by atoms with Gasteiger partial charge < -0.3 is 26.4 Å². The number of halogens is 1. The number of aryl methyl sites for hydroxylation is 1. The van der Waals surface area contributed by atoms with Crippen LogP contribution in [0.3, 0.4) is 0 Å². The minimum Gasteiger partial charge on any atom is -0.399 e. The fourth-order valence-electron chi connectivity index (χ4n) is 3.58. The summed E-state index contributed by atoms with van der Waals surface area (Å²) in [6.45, 7) is 3.02. The van der Waals surface area contributed by atoms with Gasteiger partial charge in [-0.1, -0.05) is 13.3 Å². The first-order valence-electron chi connectivity index (χ1n) is 10.1. The molecule has 31 heavy (non-hydrogen) atoms. The first kappa shape index (κ1) is 24.2. The number of hydrogen-bond donors (Lipinski definition) is 4. The second-order valence-electron chi connectivity index (χ2n) is 7.38. The van der Waals surface area contributed by atoms with Crippen LogP contribution in [0.15, 0.2) is 24.3 Å². The summed E-state index contributed by atoms with van der Waals surface area (Å²) in [5, 5.41) is 24.2. The zero-order chi connectivity index (χ0) is 21.5. The van der Waals surface area contributed by atoms with E-state index in [0.717, 1.165) is 43.7 Å². The maximum absolute atomic E-state index is 11.6. The van der Waals surface area contributed by atoms with Gasteiger partial charge in [0.2, 0.25) is 11.9 Å². The number of nitrogens with zero attached hydrogens (tertiary/aromatic N) is 4. The third-order valence-corrected chi connectivity index (χ3v) is 4.87. The number of anilines is 4. The fourth-order valence-corrected chi connectivity index (χ4v) is 3.58. The van der Waals surface area contributed by atoms with Crippen molar-refractivity contribution < 1.29 is 9.90 Å². The number of aliphatic hydroxyl groups excluding tert-OH is 1. The van der Waals surface area contributed by atoms with E-state index >= 15 is 0 Å². The van der Waals surface area contributed by atoms with Gasteiger partial charge in [0.15, 0.2) is 0 Å². The van der Waals surface area contributed by atoms with Gasteiger partial charge in [-0.05, 0) is 37.5 Å². The summed E-state index contributed by atoms with van der Waals surface area (Å²) in [5.41, 5.74) is 8.40. The first-order valence-corrected chi connectivity index (χ1v) is 10.1. The third kappa shape index (κ3) is 6.70. The van der Waals surface area contributed by atoms with Crippen molar-refractivity contribution >= 4 is 41.5 Å². The minimum absolute atomic E-state index is 0. The smallest absolute Gasteiger partial charge is 0.245 e. The average Bonchev–Trinajstić information content (AvgIpc) is 2.73. The molecule has 1 amide bonds. The molecule has 1 aliphatic heterocycles. The van der Waals surface area contributed by atoms with E-state index in [2.05, 4.69) is 38.5 Å². The summed E-state index contributed by atoms with van der Waals surface area (Å²) in [6.07, 6.45) is 3.53. The molecule has 1 aromatic carbocycles. The summed E-state index contributed by atoms with van der Waals surface area (Å²) in [6, 6.07) is 9.08. The van der Waals surface area contributed by atoms with Gasteiger partial charge in [0.1, 0.15) is 12.4 Å². The molecule has 1 fully saturated rings. The predicted octanol–water partition coefficient (Wildman–Crippen LogP) is 2.13. The number of carbonyl (C=O) groups excluding carboxylic acids is 1. The van der Waals surface area contributed by atoms with Gasteiger partial charge in [0.05, 0.1) is 11.6 Å². The van der Waals surface area contributed by atoms with E-state index in [0.29, 0.717) is 29.4 Å². The van der Waals surface area contributed by atoms with Crippen molar-refractivity contribution in [2.24, 2.45) is 0 Å². The van der Waals surface area contributed by atoms with Crippen molar-refractivity contribution in [1.29, 1.82) is 5.26 Å². The molecule has 2 heterocycles. The highest BCUT2D eigenvalue weighted by Gasteiger charge is 2.23. The van der Waals surface area contributed by atoms with Gasteiger partial charge in [-0.2, -0.15) is 10.2 Å². The second kappa shape index (κ2) is 11.3. The van der Waals surface area contributed by atoms with Crippen LogP contribution in [0, 0.1) is 11.3 Å². The molecular formula is C21H28ClN7O2. The summed E-state index contributed by atoms with van der Waals surface area (Å²) in [5.74, 6) is 0.851. The SMILES string of the molecule is CCCc1cc(N2CCC[C@@H](NC(=O)CO)C2)nc(Nc2cc(N)cc(C#N)c2)n1.Cl. The van der Waals surface area contributed by atoms with Crippen LogP contribution in [0.25, 0.3) is 0 Å². The number of piperidine rings is 1.